The third kappa shape index (κ3) is 4.78. The highest BCUT2D eigenvalue weighted by molar-refractivity contribution is 6.30. The molecular weight excluding hydrogens is 424 g/mol. The van der Waals surface area contributed by atoms with Crippen molar-refractivity contribution in [3.05, 3.63) is 101 Å². The van der Waals surface area contributed by atoms with Gasteiger partial charge in [0.05, 0.1) is 0 Å². The predicted molar refractivity (Wildman–Crippen MR) is 142 cm³/mol. The van der Waals surface area contributed by atoms with E-state index in [1.165, 1.54) is 64.6 Å². The standard InChI is InChI=1S/C30H31ClN2/c1-21(24-9-7-10-27(31)19-24)32-22(2)26-18-25-8-3-4-11-29(25)30(20-26)23-12-14-28(15-13-23)33-16-5-6-17-33/h3-4,7-15,18-22,32H,5-6,16-17H2,1-2H3/t21-,22?/m1/s1. The van der Waals surface area contributed by atoms with E-state index in [0.717, 1.165) is 5.02 Å². The lowest BCUT2D eigenvalue weighted by molar-refractivity contribution is 0.495. The number of nitrogens with zero attached hydrogens (tertiary/aromatic N) is 1. The van der Waals surface area contributed by atoms with E-state index in [-0.39, 0.29) is 12.1 Å². The second-order valence-electron chi connectivity index (χ2n) is 9.20. The fourth-order valence-corrected chi connectivity index (χ4v) is 5.19. The molecule has 5 rings (SSSR count). The first-order valence-corrected chi connectivity index (χ1v) is 12.4. The van der Waals surface area contributed by atoms with Crippen molar-refractivity contribution >= 4 is 28.1 Å². The highest BCUT2D eigenvalue weighted by atomic mass is 35.5. The molecule has 0 spiro atoms. The minimum absolute atomic E-state index is 0.200. The largest absolute Gasteiger partial charge is 0.372 e. The Balaban J connectivity index is 1.46. The Kier molecular flexibility index (Phi) is 6.39. The summed E-state index contributed by atoms with van der Waals surface area (Å²) in [7, 11) is 0. The molecule has 0 aromatic heterocycles. The fourth-order valence-electron chi connectivity index (χ4n) is 4.99. The molecule has 4 aromatic carbocycles. The summed E-state index contributed by atoms with van der Waals surface area (Å²) < 4.78 is 0. The molecule has 1 fully saturated rings. The second-order valence-corrected chi connectivity index (χ2v) is 9.63. The third-order valence-electron chi connectivity index (χ3n) is 6.88. The molecule has 0 radical (unpaired) electrons. The zero-order valence-electron chi connectivity index (χ0n) is 19.4. The quantitative estimate of drug-likeness (QED) is 0.316. The number of hydrogen-bond acceptors (Lipinski definition) is 2. The summed E-state index contributed by atoms with van der Waals surface area (Å²) in [5, 5.41) is 7.11. The van der Waals surface area contributed by atoms with Gasteiger partial charge in [0, 0.05) is 35.9 Å². The van der Waals surface area contributed by atoms with Crippen LogP contribution in [0.5, 0.6) is 0 Å². The topological polar surface area (TPSA) is 15.3 Å². The Hall–Kier alpha value is -2.81. The molecule has 3 heteroatoms. The van der Waals surface area contributed by atoms with Crippen LogP contribution in [0.15, 0.2) is 84.9 Å². The molecule has 4 aromatic rings. The van der Waals surface area contributed by atoms with E-state index in [4.69, 9.17) is 11.6 Å². The first-order valence-electron chi connectivity index (χ1n) is 12.0. The van der Waals surface area contributed by atoms with Crippen LogP contribution in [0.25, 0.3) is 21.9 Å². The van der Waals surface area contributed by atoms with Gasteiger partial charge in [0.25, 0.3) is 0 Å². The molecule has 1 N–H and O–H groups in total. The summed E-state index contributed by atoms with van der Waals surface area (Å²) in [5.41, 5.74) is 6.39. The maximum Gasteiger partial charge on any atom is 0.0409 e. The number of fused-ring (bicyclic) bond motifs is 1. The van der Waals surface area contributed by atoms with E-state index in [9.17, 15) is 0 Å². The monoisotopic (exact) mass is 454 g/mol. The molecule has 1 heterocycles. The SMILES string of the molecule is CC(N[C@H](C)c1cccc(Cl)c1)c1cc(-c2ccc(N3CCCC3)cc2)c2ccccc2c1. The summed E-state index contributed by atoms with van der Waals surface area (Å²) in [6.07, 6.45) is 2.60. The van der Waals surface area contributed by atoms with Gasteiger partial charge in [0.1, 0.15) is 0 Å². The second kappa shape index (κ2) is 9.59. The van der Waals surface area contributed by atoms with Crippen LogP contribution in [0.4, 0.5) is 5.69 Å². The molecule has 1 aliphatic rings. The van der Waals surface area contributed by atoms with Gasteiger partial charge in [-0.05, 0) is 96.1 Å². The number of rotatable bonds is 6. The van der Waals surface area contributed by atoms with E-state index < -0.39 is 0 Å². The average Bonchev–Trinajstić information content (AvgIpc) is 3.38. The minimum Gasteiger partial charge on any atom is -0.372 e. The zero-order valence-corrected chi connectivity index (χ0v) is 20.1. The zero-order chi connectivity index (χ0) is 22.8. The number of nitrogens with one attached hydrogen (secondary N) is 1. The van der Waals surface area contributed by atoms with Crippen molar-refractivity contribution in [2.45, 2.75) is 38.8 Å². The highest BCUT2D eigenvalue weighted by Gasteiger charge is 2.16. The van der Waals surface area contributed by atoms with Gasteiger partial charge in [0.15, 0.2) is 0 Å². The van der Waals surface area contributed by atoms with Crippen LogP contribution in [-0.4, -0.2) is 13.1 Å². The van der Waals surface area contributed by atoms with Gasteiger partial charge in [-0.3, -0.25) is 0 Å². The van der Waals surface area contributed by atoms with Gasteiger partial charge in [-0.15, -0.1) is 0 Å². The van der Waals surface area contributed by atoms with Gasteiger partial charge in [-0.25, -0.2) is 0 Å². The molecule has 2 atom stereocenters. The van der Waals surface area contributed by atoms with E-state index in [2.05, 4.69) is 90.8 Å². The first kappa shape index (κ1) is 22.0. The molecule has 2 nitrogen and oxygen atoms in total. The Morgan fingerprint density at radius 1 is 0.758 bits per heavy atom. The number of benzene rings is 4. The molecule has 1 unspecified atom stereocenters. The molecule has 33 heavy (non-hydrogen) atoms. The van der Waals surface area contributed by atoms with Crippen molar-refractivity contribution in [2.24, 2.45) is 0 Å². The molecule has 1 aliphatic heterocycles. The van der Waals surface area contributed by atoms with Gasteiger partial charge >= 0.3 is 0 Å². The molecule has 0 saturated carbocycles. The molecule has 0 amide bonds. The van der Waals surface area contributed by atoms with E-state index in [1.807, 2.05) is 18.2 Å². The Labute approximate surface area is 202 Å². The van der Waals surface area contributed by atoms with Gasteiger partial charge in [0.2, 0.25) is 0 Å². The lowest BCUT2D eigenvalue weighted by Gasteiger charge is -2.23. The van der Waals surface area contributed by atoms with Crippen molar-refractivity contribution in [1.82, 2.24) is 5.32 Å². The van der Waals surface area contributed by atoms with Crippen LogP contribution >= 0.6 is 11.6 Å². The number of halogens is 1. The molecule has 168 valence electrons. The summed E-state index contributed by atoms with van der Waals surface area (Å²) in [6.45, 7) is 6.78. The van der Waals surface area contributed by atoms with Crippen LogP contribution in [-0.2, 0) is 0 Å². The van der Waals surface area contributed by atoms with Gasteiger partial charge < -0.3 is 10.2 Å². The number of anilines is 1. The highest BCUT2D eigenvalue weighted by Crippen LogP contribution is 2.34. The molecule has 0 bridgehead atoms. The van der Waals surface area contributed by atoms with Gasteiger partial charge in [-0.2, -0.15) is 0 Å². The van der Waals surface area contributed by atoms with Crippen LogP contribution in [0.1, 0.15) is 49.9 Å². The van der Waals surface area contributed by atoms with E-state index >= 15 is 0 Å². The van der Waals surface area contributed by atoms with Crippen LogP contribution < -0.4 is 10.2 Å². The normalized spacial score (nSPS) is 15.7. The van der Waals surface area contributed by atoms with Crippen molar-refractivity contribution in [1.29, 1.82) is 0 Å². The smallest absolute Gasteiger partial charge is 0.0409 e. The van der Waals surface area contributed by atoms with E-state index in [0.29, 0.717) is 0 Å². The fraction of sp³-hybridized carbons (Fsp3) is 0.267. The minimum atomic E-state index is 0.200. The maximum absolute atomic E-state index is 6.22. The van der Waals surface area contributed by atoms with Crippen molar-refractivity contribution in [3.8, 4) is 11.1 Å². The lowest BCUT2D eigenvalue weighted by Crippen LogP contribution is -2.22. The van der Waals surface area contributed by atoms with Crippen LogP contribution in [0, 0.1) is 0 Å². The van der Waals surface area contributed by atoms with Crippen molar-refractivity contribution in [3.63, 3.8) is 0 Å². The third-order valence-corrected chi connectivity index (χ3v) is 7.12. The Morgan fingerprint density at radius 3 is 2.24 bits per heavy atom. The predicted octanol–water partition coefficient (Wildman–Crippen LogP) is 8.17. The summed E-state index contributed by atoms with van der Waals surface area (Å²) in [6, 6.07) is 31.0. The van der Waals surface area contributed by atoms with Crippen molar-refractivity contribution in [2.75, 3.05) is 18.0 Å². The maximum atomic E-state index is 6.22. The Morgan fingerprint density at radius 2 is 1.48 bits per heavy atom. The van der Waals surface area contributed by atoms with E-state index in [1.54, 1.807) is 0 Å². The average molecular weight is 455 g/mol. The lowest BCUT2D eigenvalue weighted by atomic mass is 9.93. The molecular formula is C30H31ClN2. The van der Waals surface area contributed by atoms with Crippen LogP contribution in [0.2, 0.25) is 5.02 Å². The summed E-state index contributed by atoms with van der Waals surface area (Å²) in [4.78, 5) is 2.49. The van der Waals surface area contributed by atoms with Gasteiger partial charge in [-0.1, -0.05) is 60.1 Å². The first-order chi connectivity index (χ1) is 16.1. The van der Waals surface area contributed by atoms with Crippen molar-refractivity contribution < 1.29 is 0 Å². The molecule has 0 aliphatic carbocycles. The number of hydrogen-bond donors (Lipinski definition) is 1. The summed E-state index contributed by atoms with van der Waals surface area (Å²) >= 11 is 6.22. The molecule has 1 saturated heterocycles. The summed E-state index contributed by atoms with van der Waals surface area (Å²) in [5.74, 6) is 0. The van der Waals surface area contributed by atoms with Crippen LogP contribution in [0.3, 0.4) is 0 Å². The Bertz CT molecular complexity index is 1240.